The van der Waals surface area contributed by atoms with Crippen LogP contribution in [-0.2, 0) is 0 Å². The molecule has 0 amide bonds. The lowest BCUT2D eigenvalue weighted by atomic mass is 9.88. The second-order valence-electron chi connectivity index (χ2n) is 8.62. The quantitative estimate of drug-likeness (QED) is 0.212. The minimum absolute atomic E-state index is 0.841. The van der Waals surface area contributed by atoms with Gasteiger partial charge in [0.25, 0.3) is 0 Å². The summed E-state index contributed by atoms with van der Waals surface area (Å²) in [5, 5.41) is 2.33. The van der Waals surface area contributed by atoms with Crippen LogP contribution < -0.4 is 0 Å². The van der Waals surface area contributed by atoms with Crippen molar-refractivity contribution >= 4 is 49.0 Å². The van der Waals surface area contributed by atoms with Crippen LogP contribution in [0.5, 0.6) is 0 Å². The Labute approximate surface area is 200 Å². The van der Waals surface area contributed by atoms with Crippen molar-refractivity contribution in [1.82, 2.24) is 0 Å². The van der Waals surface area contributed by atoms with Crippen LogP contribution in [0, 0.1) is 0 Å². The van der Waals surface area contributed by atoms with Crippen LogP contribution in [0.1, 0.15) is 17.5 Å². The highest BCUT2D eigenvalue weighted by atomic mass is 79.9. The van der Waals surface area contributed by atoms with Gasteiger partial charge in [0.15, 0.2) is 0 Å². The molecule has 0 unspecified atom stereocenters. The van der Waals surface area contributed by atoms with Crippen molar-refractivity contribution in [2.45, 2.75) is 6.42 Å². The van der Waals surface area contributed by atoms with E-state index in [-0.39, 0.29) is 0 Å². The van der Waals surface area contributed by atoms with E-state index in [4.69, 9.17) is 4.42 Å². The normalized spacial score (nSPS) is 14.3. The molecule has 2 bridgehead atoms. The highest BCUT2D eigenvalue weighted by molar-refractivity contribution is 9.10. The molecule has 33 heavy (non-hydrogen) atoms. The molecule has 7 rings (SSSR count). The molecule has 0 radical (unpaired) electrons. The second kappa shape index (κ2) is 7.19. The third-order valence-electron chi connectivity index (χ3n) is 6.80. The van der Waals surface area contributed by atoms with E-state index in [2.05, 4.69) is 113 Å². The van der Waals surface area contributed by atoms with Gasteiger partial charge in [-0.15, -0.1) is 0 Å². The zero-order chi connectivity index (χ0) is 21.9. The SMILES string of the molecule is Brc1cccc2c1-c1ccccc1-c1ccc3c(oc4ccccc43)c1C1=CC=CC=C2C1. The highest BCUT2D eigenvalue weighted by Gasteiger charge is 2.25. The molecule has 4 aromatic carbocycles. The number of halogens is 1. The fraction of sp³-hybridized carbons (Fsp3) is 0.0323. The lowest BCUT2D eigenvalue weighted by Gasteiger charge is -2.16. The summed E-state index contributed by atoms with van der Waals surface area (Å²) in [4.78, 5) is 0. The first-order valence-corrected chi connectivity index (χ1v) is 12.0. The summed E-state index contributed by atoms with van der Waals surface area (Å²) in [5.74, 6) is 0. The van der Waals surface area contributed by atoms with Gasteiger partial charge in [-0.2, -0.15) is 0 Å². The summed E-state index contributed by atoms with van der Waals surface area (Å²) in [5.41, 5.74) is 11.8. The van der Waals surface area contributed by atoms with Gasteiger partial charge in [0.2, 0.25) is 0 Å². The van der Waals surface area contributed by atoms with Crippen molar-refractivity contribution in [2.75, 3.05) is 0 Å². The van der Waals surface area contributed by atoms with E-state index in [1.165, 1.54) is 49.9 Å². The third-order valence-corrected chi connectivity index (χ3v) is 7.46. The maximum atomic E-state index is 6.54. The predicted molar refractivity (Wildman–Crippen MR) is 142 cm³/mol. The maximum Gasteiger partial charge on any atom is 0.143 e. The zero-order valence-corrected chi connectivity index (χ0v) is 19.4. The number of benzene rings is 4. The maximum absolute atomic E-state index is 6.54. The first-order chi connectivity index (χ1) is 16.3. The zero-order valence-electron chi connectivity index (χ0n) is 17.8. The standard InChI is InChI=1S/C31H19BrO/c32-27-14-7-13-21-19-8-1-2-9-20(18-19)29-25(22-10-3-4-12-24(22)30(21)27)16-17-26-23-11-5-6-15-28(23)33-31(26)29/h1-17H,18H2. The molecule has 2 aliphatic carbocycles. The monoisotopic (exact) mass is 486 g/mol. The molecular formula is C31H19BrO. The molecule has 1 heterocycles. The van der Waals surface area contributed by atoms with Crippen molar-refractivity contribution in [1.29, 1.82) is 0 Å². The molecule has 0 fully saturated rings. The Morgan fingerprint density at radius 1 is 0.576 bits per heavy atom. The topological polar surface area (TPSA) is 13.1 Å². The van der Waals surface area contributed by atoms with E-state index in [1.54, 1.807) is 0 Å². The van der Waals surface area contributed by atoms with Gasteiger partial charge in [0.05, 0.1) is 0 Å². The molecule has 156 valence electrons. The Morgan fingerprint density at radius 2 is 1.33 bits per heavy atom. The Hall–Kier alpha value is -3.62. The average Bonchev–Trinajstić information content (AvgIpc) is 3.07. The van der Waals surface area contributed by atoms with Gasteiger partial charge in [-0.1, -0.05) is 101 Å². The summed E-state index contributed by atoms with van der Waals surface area (Å²) in [6.45, 7) is 0. The van der Waals surface area contributed by atoms with E-state index in [0.717, 1.165) is 27.4 Å². The minimum atomic E-state index is 0.841. The van der Waals surface area contributed by atoms with Gasteiger partial charge < -0.3 is 4.42 Å². The summed E-state index contributed by atoms with van der Waals surface area (Å²) in [7, 11) is 0. The van der Waals surface area contributed by atoms with E-state index in [0.29, 0.717) is 0 Å². The van der Waals surface area contributed by atoms with Crippen molar-refractivity contribution in [2.24, 2.45) is 0 Å². The predicted octanol–water partition coefficient (Wildman–Crippen LogP) is 9.42. The number of hydrogen-bond acceptors (Lipinski definition) is 1. The number of furan rings is 1. The van der Waals surface area contributed by atoms with Gasteiger partial charge in [-0.3, -0.25) is 0 Å². The fourth-order valence-corrected chi connectivity index (χ4v) is 5.94. The van der Waals surface area contributed by atoms with Gasteiger partial charge in [0.1, 0.15) is 11.2 Å². The molecule has 0 saturated heterocycles. The molecular weight excluding hydrogens is 468 g/mol. The molecule has 1 aromatic heterocycles. The van der Waals surface area contributed by atoms with E-state index in [9.17, 15) is 0 Å². The third kappa shape index (κ3) is 2.77. The molecule has 0 spiro atoms. The van der Waals surface area contributed by atoms with Crippen LogP contribution in [0.2, 0.25) is 0 Å². The largest absolute Gasteiger partial charge is 0.455 e. The molecule has 0 aliphatic heterocycles. The highest BCUT2D eigenvalue weighted by Crippen LogP contribution is 2.49. The minimum Gasteiger partial charge on any atom is -0.455 e. The fourth-order valence-electron chi connectivity index (χ4n) is 5.36. The van der Waals surface area contributed by atoms with Crippen LogP contribution in [0.15, 0.2) is 112 Å². The number of rotatable bonds is 0. The van der Waals surface area contributed by atoms with Crippen molar-refractivity contribution in [3.63, 3.8) is 0 Å². The summed E-state index contributed by atoms with van der Waals surface area (Å²) in [6, 6.07) is 28.1. The molecule has 0 N–H and O–H groups in total. The van der Waals surface area contributed by atoms with Crippen molar-refractivity contribution in [3.8, 4) is 22.3 Å². The number of allylic oxidation sites excluding steroid dienone is 6. The Kier molecular flexibility index (Phi) is 4.12. The summed E-state index contributed by atoms with van der Waals surface area (Å²) in [6.07, 6.45) is 9.65. The van der Waals surface area contributed by atoms with Crippen LogP contribution >= 0.6 is 15.9 Å². The first kappa shape index (κ1) is 18.9. The van der Waals surface area contributed by atoms with Crippen molar-refractivity contribution < 1.29 is 4.42 Å². The summed E-state index contributed by atoms with van der Waals surface area (Å²) < 4.78 is 7.65. The van der Waals surface area contributed by atoms with Gasteiger partial charge in [-0.05, 0) is 58.0 Å². The molecule has 0 saturated carbocycles. The number of hydrogen-bond donors (Lipinski definition) is 0. The average molecular weight is 487 g/mol. The van der Waals surface area contributed by atoms with Gasteiger partial charge in [-0.25, -0.2) is 0 Å². The Bertz CT molecular complexity index is 1690. The van der Waals surface area contributed by atoms with Crippen LogP contribution in [-0.4, -0.2) is 0 Å². The van der Waals surface area contributed by atoms with E-state index < -0.39 is 0 Å². The van der Waals surface area contributed by atoms with Gasteiger partial charge >= 0.3 is 0 Å². The Balaban J connectivity index is 1.69. The van der Waals surface area contributed by atoms with E-state index in [1.807, 2.05) is 6.07 Å². The first-order valence-electron chi connectivity index (χ1n) is 11.2. The summed E-state index contributed by atoms with van der Waals surface area (Å²) >= 11 is 3.87. The molecule has 0 atom stereocenters. The smallest absolute Gasteiger partial charge is 0.143 e. The molecule has 2 aliphatic rings. The van der Waals surface area contributed by atoms with Crippen LogP contribution in [0.25, 0.3) is 55.3 Å². The van der Waals surface area contributed by atoms with Gasteiger partial charge in [0, 0.05) is 26.4 Å². The molecule has 2 heteroatoms. The van der Waals surface area contributed by atoms with Crippen LogP contribution in [0.3, 0.4) is 0 Å². The molecule has 1 nitrogen and oxygen atoms in total. The van der Waals surface area contributed by atoms with Crippen LogP contribution in [0.4, 0.5) is 0 Å². The number of fused-ring (bicyclic) bond motifs is 13. The van der Waals surface area contributed by atoms with Crippen molar-refractivity contribution in [3.05, 3.63) is 119 Å². The lowest BCUT2D eigenvalue weighted by Crippen LogP contribution is -1.92. The van der Waals surface area contributed by atoms with E-state index >= 15 is 0 Å². The number of para-hydroxylation sites is 1. The second-order valence-corrected chi connectivity index (χ2v) is 9.47. The Morgan fingerprint density at radius 3 is 2.24 bits per heavy atom. The lowest BCUT2D eigenvalue weighted by molar-refractivity contribution is 0.667. The molecule has 5 aromatic rings.